The molecule has 122 valence electrons. The summed E-state index contributed by atoms with van der Waals surface area (Å²) >= 11 is 5.98. The zero-order valence-electron chi connectivity index (χ0n) is 12.5. The van der Waals surface area contributed by atoms with E-state index in [0.717, 1.165) is 0 Å². The van der Waals surface area contributed by atoms with Crippen molar-refractivity contribution in [1.29, 1.82) is 0 Å². The number of nitrogens with one attached hydrogen (secondary N) is 1. The van der Waals surface area contributed by atoms with Crippen LogP contribution in [0.2, 0.25) is 5.02 Å². The standard InChI is InChI=1S/C17H13ClFN3O2/c18-12-6-2-4-8-14(12)20-15(23)9-10-16-21-17(22-24-16)11-5-1-3-7-13(11)19/h1-8H,9-10H2,(H,20,23). The second-order valence-corrected chi connectivity index (χ2v) is 5.43. The van der Waals surface area contributed by atoms with Gasteiger partial charge in [0.15, 0.2) is 0 Å². The number of aromatic nitrogens is 2. The fraction of sp³-hybridized carbons (Fsp3) is 0.118. The van der Waals surface area contributed by atoms with Gasteiger partial charge in [-0.25, -0.2) is 4.39 Å². The van der Waals surface area contributed by atoms with Crippen LogP contribution in [0.15, 0.2) is 53.1 Å². The molecule has 0 aliphatic heterocycles. The van der Waals surface area contributed by atoms with Crippen LogP contribution in [0, 0.1) is 5.82 Å². The number of halogens is 2. The molecule has 3 rings (SSSR count). The van der Waals surface area contributed by atoms with Gasteiger partial charge < -0.3 is 9.84 Å². The van der Waals surface area contributed by atoms with E-state index in [0.29, 0.717) is 10.7 Å². The Balaban J connectivity index is 1.61. The molecule has 0 saturated heterocycles. The number of hydrogen-bond acceptors (Lipinski definition) is 4. The molecule has 0 aliphatic rings. The second-order valence-electron chi connectivity index (χ2n) is 5.02. The molecular formula is C17H13ClFN3O2. The second kappa shape index (κ2) is 7.23. The van der Waals surface area contributed by atoms with Crippen LogP contribution in [-0.2, 0) is 11.2 Å². The molecule has 0 spiro atoms. The maximum atomic E-state index is 13.7. The van der Waals surface area contributed by atoms with E-state index >= 15 is 0 Å². The number of para-hydroxylation sites is 1. The Morgan fingerprint density at radius 1 is 1.17 bits per heavy atom. The van der Waals surface area contributed by atoms with E-state index in [-0.39, 0.29) is 36.0 Å². The lowest BCUT2D eigenvalue weighted by Crippen LogP contribution is -2.12. The third kappa shape index (κ3) is 3.78. The Labute approximate surface area is 142 Å². The van der Waals surface area contributed by atoms with E-state index in [2.05, 4.69) is 15.5 Å². The molecule has 1 aromatic heterocycles. The highest BCUT2D eigenvalue weighted by molar-refractivity contribution is 6.33. The largest absolute Gasteiger partial charge is 0.339 e. The van der Waals surface area contributed by atoms with Gasteiger partial charge in [-0.15, -0.1) is 0 Å². The zero-order chi connectivity index (χ0) is 16.9. The van der Waals surface area contributed by atoms with Crippen LogP contribution in [0.1, 0.15) is 12.3 Å². The summed E-state index contributed by atoms with van der Waals surface area (Å²) in [7, 11) is 0. The summed E-state index contributed by atoms with van der Waals surface area (Å²) in [5, 5.41) is 6.92. The minimum atomic E-state index is -0.429. The topological polar surface area (TPSA) is 68.0 Å². The van der Waals surface area contributed by atoms with Gasteiger partial charge in [0.1, 0.15) is 5.82 Å². The molecule has 2 aromatic carbocycles. The number of rotatable bonds is 5. The number of aryl methyl sites for hydroxylation is 1. The lowest BCUT2D eigenvalue weighted by atomic mass is 10.2. The fourth-order valence-electron chi connectivity index (χ4n) is 2.10. The Morgan fingerprint density at radius 2 is 1.92 bits per heavy atom. The van der Waals surface area contributed by atoms with E-state index in [1.165, 1.54) is 6.07 Å². The molecule has 0 atom stereocenters. The van der Waals surface area contributed by atoms with Crippen LogP contribution in [0.25, 0.3) is 11.4 Å². The van der Waals surface area contributed by atoms with Gasteiger partial charge in [-0.2, -0.15) is 4.98 Å². The lowest BCUT2D eigenvalue weighted by Gasteiger charge is -2.05. The molecule has 3 aromatic rings. The normalized spacial score (nSPS) is 10.6. The molecule has 1 amide bonds. The number of carbonyl (C=O) groups excluding carboxylic acids is 1. The summed E-state index contributed by atoms with van der Waals surface area (Å²) in [4.78, 5) is 16.1. The van der Waals surface area contributed by atoms with E-state index in [1.807, 2.05) is 0 Å². The van der Waals surface area contributed by atoms with Gasteiger partial charge in [0.25, 0.3) is 0 Å². The summed E-state index contributed by atoms with van der Waals surface area (Å²) in [5.41, 5.74) is 0.801. The molecule has 5 nitrogen and oxygen atoms in total. The van der Waals surface area contributed by atoms with Crippen molar-refractivity contribution in [3.8, 4) is 11.4 Å². The number of benzene rings is 2. The third-order valence-corrected chi connectivity index (χ3v) is 3.63. The number of amides is 1. The molecule has 7 heteroatoms. The zero-order valence-corrected chi connectivity index (χ0v) is 13.3. The van der Waals surface area contributed by atoms with E-state index < -0.39 is 5.82 Å². The third-order valence-electron chi connectivity index (χ3n) is 3.30. The summed E-state index contributed by atoms with van der Waals surface area (Å²) in [6, 6.07) is 13.1. The quantitative estimate of drug-likeness (QED) is 0.756. The summed E-state index contributed by atoms with van der Waals surface area (Å²) < 4.78 is 18.7. The first-order valence-electron chi connectivity index (χ1n) is 7.25. The maximum absolute atomic E-state index is 13.7. The first-order valence-corrected chi connectivity index (χ1v) is 7.63. The molecular weight excluding hydrogens is 333 g/mol. The van der Waals surface area contributed by atoms with Crippen LogP contribution in [0.5, 0.6) is 0 Å². The van der Waals surface area contributed by atoms with Crippen molar-refractivity contribution in [1.82, 2.24) is 10.1 Å². The Bertz CT molecular complexity index is 866. The van der Waals surface area contributed by atoms with Gasteiger partial charge in [-0.3, -0.25) is 4.79 Å². The van der Waals surface area contributed by atoms with Gasteiger partial charge in [-0.05, 0) is 24.3 Å². The monoisotopic (exact) mass is 345 g/mol. The van der Waals surface area contributed by atoms with Crippen LogP contribution < -0.4 is 5.32 Å². The molecule has 1 heterocycles. The smallest absolute Gasteiger partial charge is 0.227 e. The predicted molar refractivity (Wildman–Crippen MR) is 88.1 cm³/mol. The van der Waals surface area contributed by atoms with Gasteiger partial charge >= 0.3 is 0 Å². The van der Waals surface area contributed by atoms with E-state index in [4.69, 9.17) is 16.1 Å². The van der Waals surface area contributed by atoms with Crippen LogP contribution in [-0.4, -0.2) is 16.0 Å². The first kappa shape index (κ1) is 16.1. The molecule has 1 N–H and O–H groups in total. The number of hydrogen-bond donors (Lipinski definition) is 1. The molecule has 0 aliphatic carbocycles. The summed E-state index contributed by atoms with van der Waals surface area (Å²) in [6.07, 6.45) is 0.391. The molecule has 0 saturated carbocycles. The molecule has 24 heavy (non-hydrogen) atoms. The molecule has 0 fully saturated rings. The number of carbonyl (C=O) groups is 1. The molecule has 0 unspecified atom stereocenters. The van der Waals surface area contributed by atoms with Crippen molar-refractivity contribution >= 4 is 23.2 Å². The van der Waals surface area contributed by atoms with Gasteiger partial charge in [0.05, 0.1) is 16.3 Å². The fourth-order valence-corrected chi connectivity index (χ4v) is 2.29. The SMILES string of the molecule is O=C(CCc1nc(-c2ccccc2F)no1)Nc1ccccc1Cl. The first-order chi connectivity index (χ1) is 11.6. The molecule has 0 radical (unpaired) electrons. The Morgan fingerprint density at radius 3 is 2.71 bits per heavy atom. The van der Waals surface area contributed by atoms with Crippen molar-refractivity contribution in [2.24, 2.45) is 0 Å². The lowest BCUT2D eigenvalue weighted by molar-refractivity contribution is -0.116. The van der Waals surface area contributed by atoms with Crippen LogP contribution in [0.3, 0.4) is 0 Å². The van der Waals surface area contributed by atoms with Crippen molar-refractivity contribution in [3.05, 3.63) is 65.3 Å². The minimum Gasteiger partial charge on any atom is -0.339 e. The van der Waals surface area contributed by atoms with Gasteiger partial charge in [-0.1, -0.05) is 41.0 Å². The summed E-state index contributed by atoms with van der Waals surface area (Å²) in [5.74, 6) is -0.229. The van der Waals surface area contributed by atoms with Crippen LogP contribution in [0.4, 0.5) is 10.1 Å². The maximum Gasteiger partial charge on any atom is 0.227 e. The van der Waals surface area contributed by atoms with Crippen LogP contribution >= 0.6 is 11.6 Å². The van der Waals surface area contributed by atoms with Crippen molar-refractivity contribution < 1.29 is 13.7 Å². The number of nitrogens with zero attached hydrogens (tertiary/aromatic N) is 2. The van der Waals surface area contributed by atoms with E-state index in [9.17, 15) is 9.18 Å². The van der Waals surface area contributed by atoms with E-state index in [1.54, 1.807) is 42.5 Å². The average Bonchev–Trinajstić information content (AvgIpc) is 3.04. The highest BCUT2D eigenvalue weighted by Gasteiger charge is 2.13. The minimum absolute atomic E-state index is 0.143. The van der Waals surface area contributed by atoms with Crippen molar-refractivity contribution in [2.45, 2.75) is 12.8 Å². The Kier molecular flexibility index (Phi) is 4.86. The molecule has 0 bridgehead atoms. The van der Waals surface area contributed by atoms with Gasteiger partial charge in [0, 0.05) is 12.8 Å². The summed E-state index contributed by atoms with van der Waals surface area (Å²) in [6.45, 7) is 0. The van der Waals surface area contributed by atoms with Crippen molar-refractivity contribution in [3.63, 3.8) is 0 Å². The highest BCUT2D eigenvalue weighted by atomic mass is 35.5. The number of anilines is 1. The Hall–Kier alpha value is -2.73. The predicted octanol–water partition coefficient (Wildman–Crippen LogP) is 4.10. The average molecular weight is 346 g/mol. The van der Waals surface area contributed by atoms with Crippen molar-refractivity contribution in [2.75, 3.05) is 5.32 Å². The highest BCUT2D eigenvalue weighted by Crippen LogP contribution is 2.21. The van der Waals surface area contributed by atoms with Gasteiger partial charge in [0.2, 0.25) is 17.6 Å².